The fourth-order valence-electron chi connectivity index (χ4n) is 3.14. The van der Waals surface area contributed by atoms with Crippen molar-refractivity contribution in [1.82, 2.24) is 19.6 Å². The van der Waals surface area contributed by atoms with Crippen LogP contribution in [0.3, 0.4) is 0 Å². The highest BCUT2D eigenvalue weighted by Crippen LogP contribution is 2.26. The molecule has 0 saturated heterocycles. The molecule has 0 amide bonds. The van der Waals surface area contributed by atoms with Gasteiger partial charge in [0.25, 0.3) is 21.7 Å². The van der Waals surface area contributed by atoms with Crippen LogP contribution < -0.4 is 4.31 Å². The highest BCUT2D eigenvalue weighted by Gasteiger charge is 2.29. The van der Waals surface area contributed by atoms with Gasteiger partial charge in [-0.1, -0.05) is 41.9 Å². The highest BCUT2D eigenvalue weighted by molar-refractivity contribution is 7.92. The van der Waals surface area contributed by atoms with Gasteiger partial charge in [0.15, 0.2) is 0 Å². The molecular formula is C21H17ClN6O2S. The minimum Gasteiger partial charge on any atom is -0.228 e. The number of hydrogen-bond acceptors (Lipinski definition) is 6. The Morgan fingerprint density at radius 3 is 2.55 bits per heavy atom. The molecule has 31 heavy (non-hydrogen) atoms. The maximum absolute atomic E-state index is 13.5. The molecule has 0 fully saturated rings. The molecule has 0 aliphatic rings. The van der Waals surface area contributed by atoms with Gasteiger partial charge < -0.3 is 0 Å². The molecule has 0 bridgehead atoms. The van der Waals surface area contributed by atoms with E-state index in [9.17, 15) is 13.7 Å². The molecule has 4 aromatic rings. The number of benzene rings is 2. The first-order valence-corrected chi connectivity index (χ1v) is 11.1. The van der Waals surface area contributed by atoms with E-state index in [1.54, 1.807) is 56.3 Å². The van der Waals surface area contributed by atoms with Crippen LogP contribution in [-0.4, -0.2) is 28.0 Å². The van der Waals surface area contributed by atoms with Crippen molar-refractivity contribution in [2.75, 3.05) is 4.31 Å². The monoisotopic (exact) mass is 452 g/mol. The van der Waals surface area contributed by atoms with Gasteiger partial charge in [0.05, 0.1) is 39.5 Å². The average molecular weight is 453 g/mol. The van der Waals surface area contributed by atoms with E-state index in [1.807, 2.05) is 0 Å². The molecule has 10 heteroatoms. The summed E-state index contributed by atoms with van der Waals surface area (Å²) < 4.78 is 29.6. The fraction of sp³-hybridized carbons (Fsp3) is 0.143. The van der Waals surface area contributed by atoms with E-state index in [4.69, 9.17) is 11.6 Å². The predicted octanol–water partition coefficient (Wildman–Crippen LogP) is 3.66. The molecule has 0 atom stereocenters. The molecule has 0 radical (unpaired) electrons. The Bertz CT molecular complexity index is 1430. The lowest BCUT2D eigenvalue weighted by atomic mass is 10.1. The van der Waals surface area contributed by atoms with Crippen LogP contribution in [0, 0.1) is 25.2 Å². The van der Waals surface area contributed by atoms with Crippen LogP contribution >= 0.6 is 11.6 Å². The lowest BCUT2D eigenvalue weighted by Crippen LogP contribution is -2.31. The third-order valence-corrected chi connectivity index (χ3v) is 7.02. The second kappa shape index (κ2) is 7.98. The summed E-state index contributed by atoms with van der Waals surface area (Å²) in [5, 5.41) is 14.0. The van der Waals surface area contributed by atoms with Crippen molar-refractivity contribution in [3.63, 3.8) is 0 Å². The van der Waals surface area contributed by atoms with Gasteiger partial charge in [-0.15, -0.1) is 5.10 Å². The molecule has 0 unspecified atom stereocenters. The van der Waals surface area contributed by atoms with Gasteiger partial charge >= 0.3 is 0 Å². The Morgan fingerprint density at radius 1 is 1.10 bits per heavy atom. The lowest BCUT2D eigenvalue weighted by molar-refractivity contribution is 0.589. The first-order chi connectivity index (χ1) is 14.8. The summed E-state index contributed by atoms with van der Waals surface area (Å²) in [5.41, 5.74) is 2.23. The van der Waals surface area contributed by atoms with Crippen LogP contribution in [0.2, 0.25) is 5.02 Å². The summed E-state index contributed by atoms with van der Waals surface area (Å²) >= 11 is 6.28. The summed E-state index contributed by atoms with van der Waals surface area (Å²) in [4.78, 5) is 8.79. The molecule has 0 spiro atoms. The van der Waals surface area contributed by atoms with Crippen molar-refractivity contribution in [2.24, 2.45) is 0 Å². The Labute approximate surface area is 184 Å². The molecular weight excluding hydrogens is 436 g/mol. The molecule has 2 aromatic heterocycles. The number of halogens is 1. The number of anilines is 1. The SMILES string of the molecule is Cc1nc2nc(N(Cc3cccc(C#N)c3)S(=O)(=O)c3ccccc3)nn2c(C)c1Cl. The number of aromatic nitrogens is 4. The summed E-state index contributed by atoms with van der Waals surface area (Å²) in [7, 11) is -4.00. The van der Waals surface area contributed by atoms with E-state index in [2.05, 4.69) is 21.1 Å². The van der Waals surface area contributed by atoms with Gasteiger partial charge in [-0.05, 0) is 43.7 Å². The van der Waals surface area contributed by atoms with Crippen LogP contribution in [0.15, 0.2) is 59.5 Å². The van der Waals surface area contributed by atoms with E-state index >= 15 is 0 Å². The van der Waals surface area contributed by atoms with Gasteiger partial charge in [-0.3, -0.25) is 0 Å². The average Bonchev–Trinajstić information content (AvgIpc) is 3.20. The molecule has 0 saturated carbocycles. The fourth-order valence-corrected chi connectivity index (χ4v) is 4.63. The summed E-state index contributed by atoms with van der Waals surface area (Å²) in [6.45, 7) is 3.44. The summed E-state index contributed by atoms with van der Waals surface area (Å²) in [5.74, 6) is 0.205. The van der Waals surface area contributed by atoms with Crippen LogP contribution in [0.1, 0.15) is 22.5 Å². The maximum Gasteiger partial charge on any atom is 0.267 e. The van der Waals surface area contributed by atoms with Crippen molar-refractivity contribution in [1.29, 1.82) is 5.26 Å². The Hall–Kier alpha value is -3.48. The van der Waals surface area contributed by atoms with E-state index < -0.39 is 10.0 Å². The standard InChI is InChI=1S/C21H17ClN6O2S/c1-14-19(22)15(2)28-20(24-14)25-21(26-28)27(13-17-8-6-7-16(11-17)12-23)31(29,30)18-9-4-3-5-10-18/h3-11H,13H2,1-2H3. The number of fused-ring (bicyclic) bond motifs is 1. The zero-order valence-corrected chi connectivity index (χ0v) is 18.3. The predicted molar refractivity (Wildman–Crippen MR) is 116 cm³/mol. The minimum atomic E-state index is -4.00. The summed E-state index contributed by atoms with van der Waals surface area (Å²) in [6, 6.07) is 16.8. The van der Waals surface area contributed by atoms with Crippen molar-refractivity contribution in [3.8, 4) is 6.07 Å². The number of nitrogens with zero attached hydrogens (tertiary/aromatic N) is 6. The van der Waals surface area contributed by atoms with Crippen molar-refractivity contribution in [2.45, 2.75) is 25.3 Å². The van der Waals surface area contributed by atoms with Crippen molar-refractivity contribution >= 4 is 33.4 Å². The first-order valence-electron chi connectivity index (χ1n) is 9.27. The molecule has 0 N–H and O–H groups in total. The lowest BCUT2D eigenvalue weighted by Gasteiger charge is -2.21. The smallest absolute Gasteiger partial charge is 0.228 e. The number of sulfonamides is 1. The molecule has 8 nitrogen and oxygen atoms in total. The third kappa shape index (κ3) is 3.83. The second-order valence-electron chi connectivity index (χ2n) is 6.86. The second-order valence-corrected chi connectivity index (χ2v) is 9.10. The van der Waals surface area contributed by atoms with E-state index in [1.165, 1.54) is 16.6 Å². The Morgan fingerprint density at radius 2 is 1.84 bits per heavy atom. The van der Waals surface area contributed by atoms with Crippen LogP contribution in [0.4, 0.5) is 5.95 Å². The Kier molecular flexibility index (Phi) is 5.35. The molecule has 156 valence electrons. The van der Waals surface area contributed by atoms with Gasteiger partial charge in [0.1, 0.15) is 0 Å². The number of hydrogen-bond donors (Lipinski definition) is 0. The van der Waals surface area contributed by atoms with Crippen molar-refractivity contribution in [3.05, 3.63) is 82.1 Å². The van der Waals surface area contributed by atoms with Crippen LogP contribution in [0.25, 0.3) is 5.78 Å². The topological polar surface area (TPSA) is 104 Å². The first kappa shape index (κ1) is 20.8. The van der Waals surface area contributed by atoms with Gasteiger partial charge in [-0.2, -0.15) is 14.8 Å². The highest BCUT2D eigenvalue weighted by atomic mass is 35.5. The normalized spacial score (nSPS) is 11.4. The molecule has 0 aliphatic carbocycles. The van der Waals surface area contributed by atoms with Gasteiger partial charge in [-0.25, -0.2) is 17.7 Å². The summed E-state index contributed by atoms with van der Waals surface area (Å²) in [6.07, 6.45) is 0. The van der Waals surface area contributed by atoms with E-state index in [-0.39, 0.29) is 23.2 Å². The van der Waals surface area contributed by atoms with Crippen molar-refractivity contribution < 1.29 is 8.42 Å². The minimum absolute atomic E-state index is 0.0384. The molecule has 0 aliphatic heterocycles. The quantitative estimate of drug-likeness (QED) is 0.457. The van der Waals surface area contributed by atoms with Gasteiger partial charge in [0, 0.05) is 0 Å². The zero-order valence-electron chi connectivity index (χ0n) is 16.7. The number of rotatable bonds is 5. The maximum atomic E-state index is 13.5. The van der Waals surface area contributed by atoms with Gasteiger partial charge in [0.2, 0.25) is 0 Å². The van der Waals surface area contributed by atoms with Crippen LogP contribution in [0.5, 0.6) is 0 Å². The molecule has 4 rings (SSSR count). The van der Waals surface area contributed by atoms with Crippen LogP contribution in [-0.2, 0) is 16.6 Å². The number of nitriles is 1. The largest absolute Gasteiger partial charge is 0.267 e. The number of aryl methyl sites for hydroxylation is 2. The van der Waals surface area contributed by atoms with E-state index in [0.717, 1.165) is 4.31 Å². The molecule has 2 heterocycles. The molecule has 2 aromatic carbocycles. The zero-order chi connectivity index (χ0) is 22.2. The third-order valence-electron chi connectivity index (χ3n) is 4.74. The van der Waals surface area contributed by atoms with E-state index in [0.29, 0.717) is 27.5 Å². The Balaban J connectivity index is 1.89.